The summed E-state index contributed by atoms with van der Waals surface area (Å²) in [6, 6.07) is 3.95. The van der Waals surface area contributed by atoms with E-state index in [9.17, 15) is 0 Å². The number of benzene rings is 1. The van der Waals surface area contributed by atoms with Gasteiger partial charge in [-0.25, -0.2) is 0 Å². The first-order valence-electron chi connectivity index (χ1n) is 6.86. The van der Waals surface area contributed by atoms with E-state index in [1.165, 1.54) is 0 Å². The van der Waals surface area contributed by atoms with Crippen LogP contribution >= 0.6 is 39.9 Å². The average molecular weight is 486 g/mol. The molecule has 0 saturated heterocycles. The van der Waals surface area contributed by atoms with Crippen LogP contribution in [0.4, 0.5) is 0 Å². The quantitative estimate of drug-likeness (QED) is 0.368. The Morgan fingerprint density at radius 3 is 2.41 bits per heavy atom. The Balaban J connectivity index is 0.00000441. The smallest absolute Gasteiger partial charge is 0.191 e. The number of ether oxygens (including phenoxy) is 2. The van der Waals surface area contributed by atoms with Crippen molar-refractivity contribution < 1.29 is 9.47 Å². The maximum absolute atomic E-state index is 5.34. The predicted molar refractivity (Wildman–Crippen MR) is 106 cm³/mol. The fourth-order valence-electron chi connectivity index (χ4n) is 1.78. The number of guanidine groups is 1. The van der Waals surface area contributed by atoms with Crippen molar-refractivity contribution in [2.45, 2.75) is 20.4 Å². The van der Waals surface area contributed by atoms with E-state index in [1.807, 2.05) is 12.1 Å². The molecule has 5 nitrogen and oxygen atoms in total. The lowest BCUT2D eigenvalue weighted by atomic mass is 10.2. The third-order valence-electron chi connectivity index (χ3n) is 2.85. The van der Waals surface area contributed by atoms with Crippen molar-refractivity contribution in [2.75, 3.05) is 27.8 Å². The summed E-state index contributed by atoms with van der Waals surface area (Å²) < 4.78 is 11.5. The molecule has 0 aromatic heterocycles. The third-order valence-corrected chi connectivity index (χ3v) is 3.44. The van der Waals surface area contributed by atoms with Crippen LogP contribution in [0.2, 0.25) is 0 Å². The number of methoxy groups -OCH3 is 2. The molecule has 0 unspecified atom stereocenters. The maximum Gasteiger partial charge on any atom is 0.191 e. The van der Waals surface area contributed by atoms with Crippen LogP contribution in [0.15, 0.2) is 21.6 Å². The molecule has 2 N–H and O–H groups in total. The van der Waals surface area contributed by atoms with Crippen LogP contribution in [0, 0.1) is 5.92 Å². The number of nitrogens with zero attached hydrogens (tertiary/aromatic N) is 1. The molecule has 0 heterocycles. The fourth-order valence-corrected chi connectivity index (χ4v) is 2.43. The monoisotopic (exact) mass is 485 g/mol. The Labute approximate surface area is 158 Å². The van der Waals surface area contributed by atoms with E-state index in [1.54, 1.807) is 21.3 Å². The summed E-state index contributed by atoms with van der Waals surface area (Å²) in [4.78, 5) is 4.20. The second kappa shape index (κ2) is 10.9. The van der Waals surface area contributed by atoms with E-state index in [0.717, 1.165) is 22.5 Å². The van der Waals surface area contributed by atoms with E-state index in [0.29, 0.717) is 24.0 Å². The highest BCUT2D eigenvalue weighted by molar-refractivity contribution is 14.0. The molecule has 1 aromatic carbocycles. The van der Waals surface area contributed by atoms with Gasteiger partial charge >= 0.3 is 0 Å². The highest BCUT2D eigenvalue weighted by Gasteiger charge is 2.10. The molecule has 0 radical (unpaired) electrons. The molecule has 0 fully saturated rings. The molecule has 126 valence electrons. The normalized spacial score (nSPS) is 11.0. The minimum Gasteiger partial charge on any atom is -0.493 e. The van der Waals surface area contributed by atoms with E-state index >= 15 is 0 Å². The van der Waals surface area contributed by atoms with Gasteiger partial charge in [-0.3, -0.25) is 4.99 Å². The molecule has 0 atom stereocenters. The minimum absolute atomic E-state index is 0. The zero-order chi connectivity index (χ0) is 15.8. The molecule has 0 aliphatic heterocycles. The lowest BCUT2D eigenvalue weighted by molar-refractivity contribution is 0.352. The Morgan fingerprint density at radius 2 is 1.91 bits per heavy atom. The average Bonchev–Trinajstić information content (AvgIpc) is 2.46. The van der Waals surface area contributed by atoms with Crippen molar-refractivity contribution in [3.05, 3.63) is 22.2 Å². The van der Waals surface area contributed by atoms with Crippen molar-refractivity contribution in [3.63, 3.8) is 0 Å². The van der Waals surface area contributed by atoms with Crippen LogP contribution in [0.3, 0.4) is 0 Å². The Hall–Kier alpha value is -0.700. The highest BCUT2D eigenvalue weighted by Crippen LogP contribution is 2.36. The summed E-state index contributed by atoms with van der Waals surface area (Å²) in [6.45, 7) is 5.85. The molecule has 22 heavy (non-hydrogen) atoms. The van der Waals surface area contributed by atoms with Crippen LogP contribution in [0.5, 0.6) is 11.5 Å². The first kappa shape index (κ1) is 21.3. The number of halogens is 2. The zero-order valence-electron chi connectivity index (χ0n) is 13.7. The van der Waals surface area contributed by atoms with Gasteiger partial charge in [-0.1, -0.05) is 13.8 Å². The van der Waals surface area contributed by atoms with Gasteiger partial charge in [-0.05, 0) is 39.5 Å². The van der Waals surface area contributed by atoms with Crippen molar-refractivity contribution in [1.82, 2.24) is 10.6 Å². The van der Waals surface area contributed by atoms with E-state index in [2.05, 4.69) is 45.4 Å². The van der Waals surface area contributed by atoms with Crippen LogP contribution < -0.4 is 20.1 Å². The summed E-state index contributed by atoms with van der Waals surface area (Å²) in [5.41, 5.74) is 1.08. The molecule has 0 saturated carbocycles. The number of hydrogen-bond acceptors (Lipinski definition) is 3. The molecule has 0 bridgehead atoms. The van der Waals surface area contributed by atoms with Gasteiger partial charge < -0.3 is 20.1 Å². The highest BCUT2D eigenvalue weighted by atomic mass is 127. The predicted octanol–water partition coefficient (Wildman–Crippen LogP) is 3.41. The molecular formula is C15H25BrIN3O2. The van der Waals surface area contributed by atoms with E-state index in [-0.39, 0.29) is 24.0 Å². The van der Waals surface area contributed by atoms with Gasteiger partial charge in [-0.15, -0.1) is 24.0 Å². The second-order valence-corrected chi connectivity index (χ2v) is 5.87. The minimum atomic E-state index is 0. The lowest BCUT2D eigenvalue weighted by Crippen LogP contribution is -2.38. The van der Waals surface area contributed by atoms with E-state index < -0.39 is 0 Å². The van der Waals surface area contributed by atoms with Crippen molar-refractivity contribution >= 4 is 45.9 Å². The van der Waals surface area contributed by atoms with Gasteiger partial charge in [0.2, 0.25) is 0 Å². The van der Waals surface area contributed by atoms with Crippen LogP contribution in [-0.4, -0.2) is 33.8 Å². The number of aliphatic imine (C=N–C) groups is 1. The second-order valence-electron chi connectivity index (χ2n) is 5.01. The molecule has 0 aliphatic rings. The van der Waals surface area contributed by atoms with Gasteiger partial charge in [0.05, 0.1) is 18.7 Å². The number of rotatable bonds is 6. The zero-order valence-corrected chi connectivity index (χ0v) is 17.6. The Bertz CT molecular complexity index is 496. The summed E-state index contributed by atoms with van der Waals surface area (Å²) in [5, 5.41) is 6.55. The molecule has 0 aliphatic carbocycles. The summed E-state index contributed by atoms with van der Waals surface area (Å²) >= 11 is 3.49. The maximum atomic E-state index is 5.34. The lowest BCUT2D eigenvalue weighted by Gasteiger charge is -2.15. The fraction of sp³-hybridized carbons (Fsp3) is 0.533. The van der Waals surface area contributed by atoms with Gasteiger partial charge in [0.15, 0.2) is 17.5 Å². The molecule has 0 spiro atoms. The van der Waals surface area contributed by atoms with Crippen LogP contribution in [0.25, 0.3) is 0 Å². The summed E-state index contributed by atoms with van der Waals surface area (Å²) in [7, 11) is 5.02. The number of nitrogens with one attached hydrogen (secondary N) is 2. The van der Waals surface area contributed by atoms with Gasteiger partial charge in [0.25, 0.3) is 0 Å². The molecule has 1 rings (SSSR count). The van der Waals surface area contributed by atoms with Crippen molar-refractivity contribution in [3.8, 4) is 11.5 Å². The Kier molecular flexibility index (Phi) is 10.6. The molecule has 0 amide bonds. The van der Waals surface area contributed by atoms with Crippen molar-refractivity contribution in [2.24, 2.45) is 10.9 Å². The SMILES string of the molecule is CN=C(NCc1cc(Br)c(OC)c(OC)c1)NCC(C)C.I. The molecular weight excluding hydrogens is 461 g/mol. The summed E-state index contributed by atoms with van der Waals surface area (Å²) in [6.07, 6.45) is 0. The van der Waals surface area contributed by atoms with Crippen LogP contribution in [-0.2, 0) is 6.54 Å². The third kappa shape index (κ3) is 6.60. The van der Waals surface area contributed by atoms with Crippen LogP contribution in [0.1, 0.15) is 19.4 Å². The largest absolute Gasteiger partial charge is 0.493 e. The Morgan fingerprint density at radius 1 is 1.23 bits per heavy atom. The first-order chi connectivity index (χ1) is 10.0. The van der Waals surface area contributed by atoms with Gasteiger partial charge in [-0.2, -0.15) is 0 Å². The van der Waals surface area contributed by atoms with Gasteiger partial charge in [0.1, 0.15) is 0 Å². The summed E-state index contributed by atoms with van der Waals surface area (Å²) in [5.74, 6) is 2.76. The first-order valence-corrected chi connectivity index (χ1v) is 7.66. The van der Waals surface area contributed by atoms with E-state index in [4.69, 9.17) is 9.47 Å². The standard InChI is InChI=1S/C15H24BrN3O2.HI/c1-10(2)8-18-15(17-3)19-9-11-6-12(16)14(21-5)13(7-11)20-4;/h6-7,10H,8-9H2,1-5H3,(H2,17,18,19);1H. The van der Waals surface area contributed by atoms with Crippen molar-refractivity contribution in [1.29, 1.82) is 0 Å². The molecule has 1 aromatic rings. The molecule has 7 heteroatoms. The van der Waals surface area contributed by atoms with Gasteiger partial charge in [0, 0.05) is 20.1 Å². The number of hydrogen-bond donors (Lipinski definition) is 2. The topological polar surface area (TPSA) is 54.9 Å².